The van der Waals surface area contributed by atoms with Gasteiger partial charge in [0.05, 0.1) is 6.04 Å². The first-order valence-corrected chi connectivity index (χ1v) is 11.5. The molecule has 2 aliphatic heterocycles. The molecule has 1 aromatic heterocycles. The van der Waals surface area contributed by atoms with Crippen molar-refractivity contribution < 1.29 is 9.59 Å². The first-order chi connectivity index (χ1) is 14.2. The molecule has 29 heavy (non-hydrogen) atoms. The molecule has 0 radical (unpaired) electrons. The van der Waals surface area contributed by atoms with E-state index in [-0.39, 0.29) is 11.8 Å². The number of amides is 2. The van der Waals surface area contributed by atoms with Gasteiger partial charge in [-0.2, -0.15) is 0 Å². The molecule has 3 aliphatic rings. The van der Waals surface area contributed by atoms with Crippen molar-refractivity contribution >= 4 is 34.6 Å². The summed E-state index contributed by atoms with van der Waals surface area (Å²) in [6.45, 7) is 3.00. The van der Waals surface area contributed by atoms with Gasteiger partial charge in [0.25, 0.3) is 0 Å². The quantitative estimate of drug-likeness (QED) is 0.799. The van der Waals surface area contributed by atoms with Gasteiger partial charge >= 0.3 is 0 Å². The molecule has 0 aromatic carbocycles. The van der Waals surface area contributed by atoms with Crippen molar-refractivity contribution in [3.8, 4) is 0 Å². The van der Waals surface area contributed by atoms with Crippen LogP contribution in [0.4, 0.5) is 5.82 Å². The number of aromatic nitrogens is 1. The average molecular weight is 416 g/mol. The average Bonchev–Trinajstić information content (AvgIpc) is 3.16. The largest absolute Gasteiger partial charge is 0.353 e. The van der Waals surface area contributed by atoms with Crippen LogP contribution in [0, 0.1) is 0 Å². The molecule has 7 nitrogen and oxygen atoms in total. The van der Waals surface area contributed by atoms with E-state index in [0.29, 0.717) is 43.6 Å². The number of aliphatic imine (C=N–C) groups is 1. The molecule has 1 saturated carbocycles. The van der Waals surface area contributed by atoms with E-state index in [0.717, 1.165) is 30.5 Å². The number of carbonyl (C=O) groups is 2. The van der Waals surface area contributed by atoms with E-state index < -0.39 is 0 Å². The Labute approximate surface area is 176 Å². The topological polar surface area (TPSA) is 77.9 Å². The monoisotopic (exact) mass is 415 g/mol. The Morgan fingerprint density at radius 1 is 1.10 bits per heavy atom. The van der Waals surface area contributed by atoms with Gasteiger partial charge in [0.2, 0.25) is 11.8 Å². The molecular formula is C21H29N5O2S. The van der Waals surface area contributed by atoms with Crippen molar-refractivity contribution in [3.05, 3.63) is 24.4 Å². The van der Waals surface area contributed by atoms with Gasteiger partial charge in [-0.15, -0.1) is 0 Å². The summed E-state index contributed by atoms with van der Waals surface area (Å²) in [5, 5.41) is 4.28. The van der Waals surface area contributed by atoms with Crippen molar-refractivity contribution in [1.82, 2.24) is 15.2 Å². The van der Waals surface area contributed by atoms with Gasteiger partial charge in [-0.05, 0) is 31.4 Å². The third-order valence-corrected chi connectivity index (χ3v) is 7.14. The van der Waals surface area contributed by atoms with Crippen molar-refractivity contribution in [2.75, 3.05) is 31.1 Å². The Hall–Kier alpha value is -2.09. The zero-order valence-electron chi connectivity index (χ0n) is 16.8. The van der Waals surface area contributed by atoms with E-state index in [1.807, 2.05) is 23.1 Å². The minimum absolute atomic E-state index is 0.0253. The zero-order valence-corrected chi connectivity index (χ0v) is 17.6. The second-order valence-electron chi connectivity index (χ2n) is 7.90. The summed E-state index contributed by atoms with van der Waals surface area (Å²) < 4.78 is 0. The fourth-order valence-corrected chi connectivity index (χ4v) is 5.51. The summed E-state index contributed by atoms with van der Waals surface area (Å²) in [5.41, 5.74) is 0. The van der Waals surface area contributed by atoms with Gasteiger partial charge < -0.3 is 15.1 Å². The number of anilines is 1. The van der Waals surface area contributed by atoms with Crippen LogP contribution < -0.4 is 10.2 Å². The molecule has 1 aliphatic carbocycles. The van der Waals surface area contributed by atoms with Gasteiger partial charge in [-0.25, -0.2) is 4.98 Å². The fourth-order valence-electron chi connectivity index (χ4n) is 4.21. The minimum Gasteiger partial charge on any atom is -0.353 e. The summed E-state index contributed by atoms with van der Waals surface area (Å²) in [6.07, 6.45) is 8.00. The Kier molecular flexibility index (Phi) is 6.69. The van der Waals surface area contributed by atoms with Crippen molar-refractivity contribution in [3.63, 3.8) is 0 Å². The van der Waals surface area contributed by atoms with Gasteiger partial charge in [0.15, 0.2) is 5.17 Å². The molecular weight excluding hydrogens is 386 g/mol. The number of hydrogen-bond acceptors (Lipinski definition) is 6. The van der Waals surface area contributed by atoms with E-state index in [2.05, 4.69) is 20.2 Å². The molecule has 3 heterocycles. The molecule has 1 aromatic rings. The molecule has 2 amide bonds. The van der Waals surface area contributed by atoms with Crippen LogP contribution in [0.25, 0.3) is 0 Å². The summed E-state index contributed by atoms with van der Waals surface area (Å²) in [5.74, 6) is 1.07. The highest BCUT2D eigenvalue weighted by molar-refractivity contribution is 8.14. The SMILES string of the molecule is O=C(CCCC(=O)N1CCN(c2ccccn2)CC1)NC1=N[C@H]2CCCC[C@@H]2S1. The number of hydrogen-bond donors (Lipinski definition) is 1. The highest BCUT2D eigenvalue weighted by Crippen LogP contribution is 2.36. The molecule has 4 rings (SSSR count). The summed E-state index contributed by atoms with van der Waals surface area (Å²) in [4.78, 5) is 37.8. The second-order valence-corrected chi connectivity index (χ2v) is 9.13. The van der Waals surface area contributed by atoms with Gasteiger partial charge in [-0.1, -0.05) is 30.7 Å². The van der Waals surface area contributed by atoms with Gasteiger partial charge in [-0.3, -0.25) is 14.6 Å². The first kappa shape index (κ1) is 20.2. The summed E-state index contributed by atoms with van der Waals surface area (Å²) in [7, 11) is 0. The third kappa shape index (κ3) is 5.29. The van der Waals surface area contributed by atoms with Crippen LogP contribution in [0.2, 0.25) is 0 Å². The first-order valence-electron chi connectivity index (χ1n) is 10.7. The normalized spacial score (nSPS) is 24.1. The number of rotatable bonds is 5. The van der Waals surface area contributed by atoms with E-state index in [1.165, 1.54) is 19.3 Å². The highest BCUT2D eigenvalue weighted by atomic mass is 32.2. The number of thioether (sulfide) groups is 1. The van der Waals surface area contributed by atoms with Crippen LogP contribution >= 0.6 is 11.8 Å². The molecule has 8 heteroatoms. The number of carbonyl (C=O) groups excluding carboxylic acids is 2. The van der Waals surface area contributed by atoms with Gasteiger partial charge in [0, 0.05) is 50.5 Å². The lowest BCUT2D eigenvalue weighted by Crippen LogP contribution is -2.49. The van der Waals surface area contributed by atoms with Crippen LogP contribution in [-0.4, -0.2) is 64.3 Å². The molecule has 0 unspecified atom stereocenters. The van der Waals surface area contributed by atoms with E-state index in [4.69, 9.17) is 0 Å². The van der Waals surface area contributed by atoms with Gasteiger partial charge in [0.1, 0.15) is 5.82 Å². The van der Waals surface area contributed by atoms with Crippen LogP contribution in [0.1, 0.15) is 44.9 Å². The standard InChI is InChI=1S/C21H29N5O2S/c27-19(24-21-23-16-6-1-2-7-17(16)29-21)9-5-10-20(28)26-14-12-25(13-15-26)18-8-3-4-11-22-18/h3-4,8,11,16-17H,1-2,5-7,9-10,12-15H2,(H,23,24,27)/t16-,17-/m0/s1. The number of nitrogens with zero attached hydrogens (tertiary/aromatic N) is 4. The second kappa shape index (κ2) is 9.61. The van der Waals surface area contributed by atoms with Crippen molar-refractivity contribution in [1.29, 1.82) is 0 Å². The van der Waals surface area contributed by atoms with Crippen LogP contribution in [0.5, 0.6) is 0 Å². The van der Waals surface area contributed by atoms with E-state index >= 15 is 0 Å². The summed E-state index contributed by atoms with van der Waals surface area (Å²) >= 11 is 1.72. The fraction of sp³-hybridized carbons (Fsp3) is 0.619. The minimum atomic E-state index is -0.0253. The lowest BCUT2D eigenvalue weighted by molar-refractivity contribution is -0.131. The van der Waals surface area contributed by atoms with Crippen LogP contribution in [0.15, 0.2) is 29.4 Å². The number of pyridine rings is 1. The molecule has 0 bridgehead atoms. The highest BCUT2D eigenvalue weighted by Gasteiger charge is 2.32. The predicted octanol–water partition coefficient (Wildman–Crippen LogP) is 2.43. The maximum atomic E-state index is 12.5. The molecule has 1 saturated heterocycles. The predicted molar refractivity (Wildman–Crippen MR) is 116 cm³/mol. The Morgan fingerprint density at radius 2 is 1.93 bits per heavy atom. The van der Waals surface area contributed by atoms with E-state index in [9.17, 15) is 9.59 Å². The molecule has 156 valence electrons. The number of piperazine rings is 1. The van der Waals surface area contributed by atoms with Crippen molar-refractivity contribution in [2.24, 2.45) is 4.99 Å². The third-order valence-electron chi connectivity index (χ3n) is 5.86. The smallest absolute Gasteiger partial charge is 0.225 e. The molecule has 2 fully saturated rings. The number of amidine groups is 1. The lowest BCUT2D eigenvalue weighted by atomic mass is 9.96. The molecule has 2 atom stereocenters. The number of nitrogens with one attached hydrogen (secondary N) is 1. The maximum absolute atomic E-state index is 12.5. The Balaban J connectivity index is 1.14. The van der Waals surface area contributed by atoms with Crippen molar-refractivity contribution in [2.45, 2.75) is 56.2 Å². The molecule has 1 N–H and O–H groups in total. The molecule has 0 spiro atoms. The number of fused-ring (bicyclic) bond motifs is 1. The van der Waals surface area contributed by atoms with Crippen LogP contribution in [-0.2, 0) is 9.59 Å². The summed E-state index contributed by atoms with van der Waals surface area (Å²) in [6, 6.07) is 6.27. The Morgan fingerprint density at radius 3 is 2.69 bits per heavy atom. The zero-order chi connectivity index (χ0) is 20.1. The van der Waals surface area contributed by atoms with E-state index in [1.54, 1.807) is 18.0 Å². The lowest BCUT2D eigenvalue weighted by Gasteiger charge is -2.35. The maximum Gasteiger partial charge on any atom is 0.225 e. The van der Waals surface area contributed by atoms with Crippen LogP contribution in [0.3, 0.4) is 0 Å². The Bertz CT molecular complexity index is 749.